The van der Waals surface area contributed by atoms with Crippen LogP contribution in [-0.2, 0) is 10.0 Å². The largest absolute Gasteiger partial charge is 0.399 e. The van der Waals surface area contributed by atoms with Gasteiger partial charge in [0.2, 0.25) is 5.13 Å². The Kier molecular flexibility index (Phi) is 2.90. The average molecular weight is 275 g/mol. The van der Waals surface area contributed by atoms with Crippen molar-refractivity contribution in [3.05, 3.63) is 24.0 Å². The first-order valence-electron chi connectivity index (χ1n) is 4.22. The molecule has 0 amide bonds. The molecule has 2 rings (SSSR count). The van der Waals surface area contributed by atoms with Crippen LogP contribution in [0.4, 0.5) is 15.2 Å². The molecule has 0 fully saturated rings. The van der Waals surface area contributed by atoms with Gasteiger partial charge in [-0.3, -0.25) is 4.72 Å². The summed E-state index contributed by atoms with van der Waals surface area (Å²) in [6.45, 7) is 0. The summed E-state index contributed by atoms with van der Waals surface area (Å²) < 4.78 is 42.4. The van der Waals surface area contributed by atoms with E-state index in [4.69, 9.17) is 5.73 Å². The molecule has 3 N–H and O–H groups in total. The van der Waals surface area contributed by atoms with Gasteiger partial charge in [-0.2, -0.15) is 0 Å². The maximum atomic E-state index is 13.4. The Morgan fingerprint density at radius 2 is 2.18 bits per heavy atom. The Labute approximate surface area is 99.7 Å². The molecular weight excluding hydrogens is 269 g/mol. The molecule has 0 radical (unpaired) electrons. The van der Waals surface area contributed by atoms with Gasteiger partial charge < -0.3 is 5.73 Å². The van der Waals surface area contributed by atoms with Gasteiger partial charge >= 0.3 is 0 Å². The number of halogens is 1. The molecule has 0 aliphatic carbocycles. The van der Waals surface area contributed by atoms with Crippen molar-refractivity contribution in [3.63, 3.8) is 0 Å². The van der Waals surface area contributed by atoms with E-state index in [1.807, 2.05) is 4.72 Å². The van der Waals surface area contributed by atoms with E-state index in [2.05, 4.69) is 14.8 Å². The van der Waals surface area contributed by atoms with Crippen molar-refractivity contribution in [2.75, 3.05) is 10.5 Å². The van der Waals surface area contributed by atoms with Crippen LogP contribution in [0.25, 0.3) is 0 Å². The zero-order valence-electron chi connectivity index (χ0n) is 8.16. The van der Waals surface area contributed by atoms with Gasteiger partial charge in [-0.15, -0.1) is 0 Å². The van der Waals surface area contributed by atoms with Gasteiger partial charge in [0.05, 0.1) is 0 Å². The first kappa shape index (κ1) is 11.7. The van der Waals surface area contributed by atoms with Crippen molar-refractivity contribution in [2.24, 2.45) is 0 Å². The molecule has 0 atom stereocenters. The summed E-state index contributed by atoms with van der Waals surface area (Å²) in [6.07, 6.45) is 0. The first-order valence-corrected chi connectivity index (χ1v) is 6.47. The highest BCUT2D eigenvalue weighted by molar-refractivity contribution is 7.93. The van der Waals surface area contributed by atoms with Crippen LogP contribution < -0.4 is 10.5 Å². The predicted molar refractivity (Wildman–Crippen MR) is 59.3 cm³/mol. The minimum Gasteiger partial charge on any atom is -0.399 e. The number of hydrogen-bond donors (Lipinski definition) is 2. The molecule has 0 bridgehead atoms. The van der Waals surface area contributed by atoms with Crippen LogP contribution in [0.15, 0.2) is 23.1 Å². The van der Waals surface area contributed by atoms with E-state index in [0.717, 1.165) is 23.7 Å². The lowest BCUT2D eigenvalue weighted by Gasteiger charge is -2.05. The number of nitrogens with one attached hydrogen (secondary N) is 1. The fourth-order valence-corrected chi connectivity index (χ4v) is 2.72. The molecule has 0 aliphatic heterocycles. The lowest BCUT2D eigenvalue weighted by Crippen LogP contribution is -2.14. The van der Waals surface area contributed by atoms with Crippen molar-refractivity contribution < 1.29 is 12.8 Å². The summed E-state index contributed by atoms with van der Waals surface area (Å²) in [7, 11) is -4.04. The third-order valence-corrected chi connectivity index (χ3v) is 3.78. The molecule has 1 heterocycles. The van der Waals surface area contributed by atoms with Gasteiger partial charge in [-0.05, 0) is 23.4 Å². The highest BCUT2D eigenvalue weighted by Crippen LogP contribution is 2.20. The Morgan fingerprint density at radius 1 is 1.41 bits per heavy atom. The zero-order chi connectivity index (χ0) is 12.5. The van der Waals surface area contributed by atoms with Crippen LogP contribution in [-0.4, -0.2) is 23.2 Å². The highest BCUT2D eigenvalue weighted by atomic mass is 32.2. The molecule has 7 nitrogen and oxygen atoms in total. The molecule has 1 aromatic carbocycles. The van der Waals surface area contributed by atoms with E-state index in [0.29, 0.717) is 0 Å². The standard InChI is InChI=1S/C7H6FN5O2S2/c8-5-3-4(9)1-2-6(5)17(14,15)11-7-10-12-13-16-7/h1-3H,9H2,(H,10,11,13). The summed E-state index contributed by atoms with van der Waals surface area (Å²) in [5.74, 6) is -0.935. The third-order valence-electron chi connectivity index (χ3n) is 1.77. The lowest BCUT2D eigenvalue weighted by molar-refractivity contribution is 0.571. The van der Waals surface area contributed by atoms with Crippen molar-refractivity contribution in [2.45, 2.75) is 4.90 Å². The van der Waals surface area contributed by atoms with Crippen molar-refractivity contribution in [1.29, 1.82) is 0 Å². The average Bonchev–Trinajstić information content (AvgIpc) is 2.68. The van der Waals surface area contributed by atoms with E-state index >= 15 is 0 Å². The van der Waals surface area contributed by atoms with Crippen molar-refractivity contribution in [1.82, 2.24) is 14.8 Å². The van der Waals surface area contributed by atoms with E-state index < -0.39 is 20.7 Å². The number of benzene rings is 1. The molecule has 0 spiro atoms. The van der Waals surface area contributed by atoms with E-state index in [1.165, 1.54) is 6.07 Å². The number of nitrogen functional groups attached to an aromatic ring is 1. The van der Waals surface area contributed by atoms with Crippen LogP contribution in [0.3, 0.4) is 0 Å². The Bertz CT molecular complexity index is 628. The van der Waals surface area contributed by atoms with Crippen molar-refractivity contribution >= 4 is 32.4 Å². The normalized spacial score (nSPS) is 11.4. The van der Waals surface area contributed by atoms with Gasteiger partial charge in [0.25, 0.3) is 10.0 Å². The minimum atomic E-state index is -4.04. The summed E-state index contributed by atoms with van der Waals surface area (Å²) >= 11 is 0.744. The number of nitrogens with zero attached hydrogens (tertiary/aromatic N) is 3. The fraction of sp³-hybridized carbons (Fsp3) is 0. The second-order valence-corrected chi connectivity index (χ2v) is 5.35. The van der Waals surface area contributed by atoms with Gasteiger partial charge in [-0.25, -0.2) is 12.8 Å². The van der Waals surface area contributed by atoms with Gasteiger partial charge in [0.15, 0.2) is 0 Å². The molecule has 10 heteroatoms. The van der Waals surface area contributed by atoms with Crippen LogP contribution in [0.2, 0.25) is 0 Å². The third kappa shape index (κ3) is 2.47. The predicted octanol–water partition coefficient (Wildman–Crippen LogP) is 0.455. The van der Waals surface area contributed by atoms with Gasteiger partial charge in [-0.1, -0.05) is 9.59 Å². The fourth-order valence-electron chi connectivity index (χ4n) is 1.08. The zero-order valence-corrected chi connectivity index (χ0v) is 9.79. The number of nitrogens with two attached hydrogens (primary N) is 1. The lowest BCUT2D eigenvalue weighted by atomic mass is 10.3. The van der Waals surface area contributed by atoms with Gasteiger partial charge in [0.1, 0.15) is 10.7 Å². The Hall–Kier alpha value is -1.81. The van der Waals surface area contributed by atoms with E-state index in [1.54, 1.807) is 0 Å². The Balaban J connectivity index is 2.38. The minimum absolute atomic E-state index is 0.0405. The quantitative estimate of drug-likeness (QED) is 0.787. The van der Waals surface area contributed by atoms with Crippen LogP contribution in [0, 0.1) is 5.82 Å². The number of rotatable bonds is 3. The maximum Gasteiger partial charge on any atom is 0.266 e. The summed E-state index contributed by atoms with van der Waals surface area (Å²) in [4.78, 5) is -0.512. The molecular formula is C7H6FN5O2S2. The summed E-state index contributed by atoms with van der Waals surface area (Å²) in [5.41, 5.74) is 5.46. The molecule has 0 aliphatic rings. The first-order chi connectivity index (χ1) is 7.99. The SMILES string of the molecule is Nc1ccc(S(=O)(=O)Nc2nnns2)c(F)c1. The van der Waals surface area contributed by atoms with E-state index in [9.17, 15) is 12.8 Å². The molecule has 17 heavy (non-hydrogen) atoms. The highest BCUT2D eigenvalue weighted by Gasteiger charge is 2.20. The molecule has 2 aromatic rings. The second kappa shape index (κ2) is 4.22. The molecule has 0 saturated heterocycles. The van der Waals surface area contributed by atoms with Crippen LogP contribution in [0.5, 0.6) is 0 Å². The number of hydrogen-bond acceptors (Lipinski definition) is 7. The summed E-state index contributed by atoms with van der Waals surface area (Å²) in [5, 5.41) is 6.57. The maximum absolute atomic E-state index is 13.4. The monoisotopic (exact) mass is 275 g/mol. The molecule has 0 unspecified atom stereocenters. The molecule has 0 saturated carbocycles. The smallest absolute Gasteiger partial charge is 0.266 e. The topological polar surface area (TPSA) is 111 Å². The van der Waals surface area contributed by atoms with Gasteiger partial charge in [0, 0.05) is 17.2 Å². The number of anilines is 2. The Morgan fingerprint density at radius 3 is 2.76 bits per heavy atom. The summed E-state index contributed by atoms with van der Waals surface area (Å²) in [6, 6.07) is 3.28. The van der Waals surface area contributed by atoms with E-state index in [-0.39, 0.29) is 10.8 Å². The number of sulfonamides is 1. The van der Waals surface area contributed by atoms with Crippen molar-refractivity contribution in [3.8, 4) is 0 Å². The molecule has 1 aromatic heterocycles. The second-order valence-electron chi connectivity index (χ2n) is 2.96. The van der Waals surface area contributed by atoms with Crippen LogP contribution in [0.1, 0.15) is 0 Å². The molecule has 90 valence electrons. The van der Waals surface area contributed by atoms with Crippen LogP contribution >= 0.6 is 11.5 Å². The number of aromatic nitrogens is 3.